The highest BCUT2D eigenvalue weighted by atomic mass is 127. The summed E-state index contributed by atoms with van der Waals surface area (Å²) in [7, 11) is 0. The fourth-order valence-corrected chi connectivity index (χ4v) is 1.51. The Morgan fingerprint density at radius 1 is 1.27 bits per heavy atom. The predicted molar refractivity (Wildman–Crippen MR) is 69.9 cm³/mol. The van der Waals surface area contributed by atoms with Gasteiger partial charge in [-0.15, -0.1) is 0 Å². The van der Waals surface area contributed by atoms with Gasteiger partial charge in [0, 0.05) is 10.2 Å². The monoisotopic (exact) mass is 320 g/mol. The molecule has 0 amide bonds. The number of hydrogen-bond acceptors (Lipinski definition) is 2. The first-order valence-corrected chi connectivity index (χ1v) is 6.24. The third-order valence-corrected chi connectivity index (χ3v) is 2.72. The topological polar surface area (TPSA) is 18.5 Å². The maximum atomic E-state index is 5.64. The van der Waals surface area contributed by atoms with E-state index in [1.54, 1.807) is 0 Å². The lowest BCUT2D eigenvalue weighted by Crippen LogP contribution is -2.15. The zero-order valence-electron chi connectivity index (χ0n) is 9.20. The predicted octanol–water partition coefficient (Wildman–Crippen LogP) is 3.23. The zero-order chi connectivity index (χ0) is 11.1. The van der Waals surface area contributed by atoms with Gasteiger partial charge in [-0.1, -0.05) is 12.1 Å². The lowest BCUT2D eigenvalue weighted by molar-refractivity contribution is -0.0116. The lowest BCUT2D eigenvalue weighted by Gasteiger charge is -2.12. The van der Waals surface area contributed by atoms with Gasteiger partial charge in [-0.05, 0) is 54.1 Å². The van der Waals surface area contributed by atoms with Gasteiger partial charge < -0.3 is 9.47 Å². The number of benzene rings is 1. The van der Waals surface area contributed by atoms with Crippen LogP contribution in [0.25, 0.3) is 0 Å². The van der Waals surface area contributed by atoms with E-state index in [4.69, 9.17) is 9.47 Å². The maximum absolute atomic E-state index is 5.64. The molecule has 0 saturated heterocycles. The Morgan fingerprint density at radius 2 is 1.93 bits per heavy atom. The largest absolute Gasteiger partial charge is 0.379 e. The first-order valence-electron chi connectivity index (χ1n) is 5.16. The van der Waals surface area contributed by atoms with Gasteiger partial charge in [0.05, 0.1) is 19.3 Å². The molecule has 0 fully saturated rings. The number of halogens is 1. The van der Waals surface area contributed by atoms with Gasteiger partial charge in [0.25, 0.3) is 0 Å². The van der Waals surface area contributed by atoms with Crippen molar-refractivity contribution >= 4 is 22.6 Å². The Morgan fingerprint density at radius 3 is 2.53 bits per heavy atom. The molecule has 0 aliphatic heterocycles. The molecule has 0 radical (unpaired) electrons. The van der Waals surface area contributed by atoms with Crippen molar-refractivity contribution in [3.05, 3.63) is 33.4 Å². The summed E-state index contributed by atoms with van der Waals surface area (Å²) in [6, 6.07) is 8.36. The van der Waals surface area contributed by atoms with E-state index in [0.29, 0.717) is 13.2 Å². The van der Waals surface area contributed by atoms with Crippen molar-refractivity contribution in [3.63, 3.8) is 0 Å². The van der Waals surface area contributed by atoms with Crippen LogP contribution in [0.15, 0.2) is 24.3 Å². The highest BCUT2D eigenvalue weighted by Crippen LogP contribution is 2.08. The maximum Gasteiger partial charge on any atom is 0.0785 e. The molecule has 0 aromatic heterocycles. The summed E-state index contributed by atoms with van der Waals surface area (Å²) in [5.41, 5.74) is 1.21. The summed E-state index contributed by atoms with van der Waals surface area (Å²) in [6.45, 7) is 6.09. The summed E-state index contributed by atoms with van der Waals surface area (Å²) in [5.74, 6) is 0. The zero-order valence-corrected chi connectivity index (χ0v) is 11.4. The molecule has 0 bridgehead atoms. The average molecular weight is 320 g/mol. The van der Waals surface area contributed by atoms with Crippen molar-refractivity contribution in [2.24, 2.45) is 0 Å². The Labute approximate surface area is 105 Å². The third kappa shape index (κ3) is 5.49. The molecular formula is C12H17IO2. The van der Waals surface area contributed by atoms with E-state index in [-0.39, 0.29) is 6.10 Å². The number of hydrogen-bond donors (Lipinski definition) is 0. The van der Waals surface area contributed by atoms with E-state index in [1.165, 1.54) is 9.13 Å². The van der Waals surface area contributed by atoms with E-state index in [2.05, 4.69) is 46.9 Å². The van der Waals surface area contributed by atoms with Crippen LogP contribution in [0, 0.1) is 3.57 Å². The summed E-state index contributed by atoms with van der Waals surface area (Å²) in [4.78, 5) is 0. The molecule has 15 heavy (non-hydrogen) atoms. The van der Waals surface area contributed by atoms with Crippen LogP contribution in [-0.4, -0.2) is 19.3 Å². The van der Waals surface area contributed by atoms with Crippen LogP contribution in [0.3, 0.4) is 0 Å². The van der Waals surface area contributed by atoms with E-state index >= 15 is 0 Å². The molecular weight excluding hydrogens is 303 g/mol. The lowest BCUT2D eigenvalue weighted by atomic mass is 10.2. The standard InChI is InChI=1S/C12H17IO2/c1-3-14-8-10(2)15-9-11-4-6-12(13)7-5-11/h4-7,10H,3,8-9H2,1-2H3. The minimum absolute atomic E-state index is 0.157. The van der Waals surface area contributed by atoms with Crippen LogP contribution in [0.2, 0.25) is 0 Å². The van der Waals surface area contributed by atoms with E-state index in [9.17, 15) is 0 Å². The summed E-state index contributed by atoms with van der Waals surface area (Å²) < 4.78 is 12.2. The molecule has 0 aliphatic rings. The van der Waals surface area contributed by atoms with Crippen LogP contribution < -0.4 is 0 Å². The smallest absolute Gasteiger partial charge is 0.0785 e. The van der Waals surface area contributed by atoms with Crippen molar-refractivity contribution in [2.45, 2.75) is 26.6 Å². The normalized spacial score (nSPS) is 12.7. The molecule has 0 saturated carbocycles. The molecule has 1 rings (SSSR count). The van der Waals surface area contributed by atoms with Gasteiger partial charge in [0.1, 0.15) is 0 Å². The fraction of sp³-hybridized carbons (Fsp3) is 0.500. The van der Waals surface area contributed by atoms with Gasteiger partial charge in [0.2, 0.25) is 0 Å². The second kappa shape index (κ2) is 7.19. The van der Waals surface area contributed by atoms with E-state index in [0.717, 1.165) is 6.61 Å². The summed E-state index contributed by atoms with van der Waals surface area (Å²) in [5, 5.41) is 0. The molecule has 1 atom stereocenters. The average Bonchev–Trinajstić information content (AvgIpc) is 2.25. The Bertz CT molecular complexity index is 271. The Kier molecular flexibility index (Phi) is 6.20. The first-order chi connectivity index (χ1) is 7.22. The van der Waals surface area contributed by atoms with Gasteiger partial charge in [-0.2, -0.15) is 0 Å². The van der Waals surface area contributed by atoms with Crippen LogP contribution in [-0.2, 0) is 16.1 Å². The fourth-order valence-electron chi connectivity index (χ4n) is 1.15. The molecule has 1 unspecified atom stereocenters. The van der Waals surface area contributed by atoms with Crippen molar-refractivity contribution in [3.8, 4) is 0 Å². The summed E-state index contributed by atoms with van der Waals surface area (Å²) in [6.07, 6.45) is 0.157. The molecule has 1 aromatic rings. The molecule has 0 heterocycles. The molecule has 84 valence electrons. The van der Waals surface area contributed by atoms with Crippen molar-refractivity contribution in [1.82, 2.24) is 0 Å². The summed E-state index contributed by atoms with van der Waals surface area (Å²) >= 11 is 2.30. The van der Waals surface area contributed by atoms with E-state index < -0.39 is 0 Å². The van der Waals surface area contributed by atoms with Crippen LogP contribution in [0.1, 0.15) is 19.4 Å². The first kappa shape index (κ1) is 12.9. The number of ether oxygens (including phenoxy) is 2. The second-order valence-electron chi connectivity index (χ2n) is 3.41. The molecule has 2 nitrogen and oxygen atoms in total. The second-order valence-corrected chi connectivity index (χ2v) is 4.65. The molecule has 0 N–H and O–H groups in total. The minimum Gasteiger partial charge on any atom is -0.379 e. The van der Waals surface area contributed by atoms with E-state index in [1.807, 2.05) is 13.8 Å². The van der Waals surface area contributed by atoms with Crippen molar-refractivity contribution in [1.29, 1.82) is 0 Å². The van der Waals surface area contributed by atoms with Crippen LogP contribution in [0.5, 0.6) is 0 Å². The highest BCUT2D eigenvalue weighted by Gasteiger charge is 2.02. The van der Waals surface area contributed by atoms with Gasteiger partial charge in [-0.25, -0.2) is 0 Å². The van der Waals surface area contributed by atoms with Gasteiger partial charge in [0.15, 0.2) is 0 Å². The quantitative estimate of drug-likeness (QED) is 0.749. The molecule has 1 aromatic carbocycles. The molecule has 3 heteroatoms. The SMILES string of the molecule is CCOCC(C)OCc1ccc(I)cc1. The van der Waals surface area contributed by atoms with Crippen molar-refractivity contribution < 1.29 is 9.47 Å². The Balaban J connectivity index is 2.27. The van der Waals surface area contributed by atoms with Crippen molar-refractivity contribution in [2.75, 3.05) is 13.2 Å². The van der Waals surface area contributed by atoms with Gasteiger partial charge in [-0.3, -0.25) is 0 Å². The minimum atomic E-state index is 0.157. The molecule has 0 spiro atoms. The van der Waals surface area contributed by atoms with Crippen LogP contribution >= 0.6 is 22.6 Å². The Hall–Kier alpha value is -0.130. The third-order valence-electron chi connectivity index (χ3n) is 2.00. The van der Waals surface area contributed by atoms with Gasteiger partial charge >= 0.3 is 0 Å². The number of rotatable bonds is 6. The highest BCUT2D eigenvalue weighted by molar-refractivity contribution is 14.1. The van der Waals surface area contributed by atoms with Crippen LogP contribution in [0.4, 0.5) is 0 Å². The molecule has 0 aliphatic carbocycles.